The van der Waals surface area contributed by atoms with Crippen molar-refractivity contribution in [2.24, 2.45) is 5.92 Å². The Labute approximate surface area is 90.9 Å². The molecule has 0 bridgehead atoms. The summed E-state index contributed by atoms with van der Waals surface area (Å²) in [7, 11) is 0. The van der Waals surface area contributed by atoms with Gasteiger partial charge in [0.15, 0.2) is 5.78 Å². The van der Waals surface area contributed by atoms with Crippen LogP contribution >= 0.6 is 11.6 Å². The smallest absolute Gasteiger partial charge is 0.304 e. The number of hydrogen-bond acceptors (Lipinski definition) is 3. The minimum atomic E-state index is -0.958. The summed E-state index contributed by atoms with van der Waals surface area (Å²) in [6.45, 7) is 0. The summed E-state index contributed by atoms with van der Waals surface area (Å²) < 4.78 is 0. The van der Waals surface area contributed by atoms with E-state index in [4.69, 9.17) is 16.7 Å². The van der Waals surface area contributed by atoms with Crippen LogP contribution in [0.5, 0.6) is 0 Å². The van der Waals surface area contributed by atoms with Crippen LogP contribution in [0.25, 0.3) is 0 Å². The zero-order valence-corrected chi connectivity index (χ0v) is 8.49. The van der Waals surface area contributed by atoms with Gasteiger partial charge < -0.3 is 5.11 Å². The van der Waals surface area contributed by atoms with E-state index in [2.05, 4.69) is 4.98 Å². The third-order valence-corrected chi connectivity index (χ3v) is 2.69. The highest BCUT2D eigenvalue weighted by Gasteiger charge is 2.32. The SMILES string of the molecule is O=C(O)CC1Cc2cc(Cl)ncc2C1=O. The Morgan fingerprint density at radius 3 is 3.07 bits per heavy atom. The topological polar surface area (TPSA) is 67.3 Å². The maximum Gasteiger partial charge on any atom is 0.304 e. The molecule has 0 saturated carbocycles. The molecule has 0 amide bonds. The number of ketones is 1. The van der Waals surface area contributed by atoms with Crippen molar-refractivity contribution in [1.82, 2.24) is 4.98 Å². The van der Waals surface area contributed by atoms with Crippen molar-refractivity contribution in [1.29, 1.82) is 0 Å². The number of hydrogen-bond donors (Lipinski definition) is 1. The maximum absolute atomic E-state index is 11.7. The first kappa shape index (κ1) is 10.1. The number of nitrogens with zero attached hydrogens (tertiary/aromatic N) is 1. The van der Waals surface area contributed by atoms with E-state index < -0.39 is 11.9 Å². The molecular formula is C10H8ClNO3. The second kappa shape index (κ2) is 3.62. The summed E-state index contributed by atoms with van der Waals surface area (Å²) >= 11 is 5.69. The molecule has 1 atom stereocenters. The molecule has 4 nitrogen and oxygen atoms in total. The average Bonchev–Trinajstić information content (AvgIpc) is 2.42. The van der Waals surface area contributed by atoms with Crippen molar-refractivity contribution >= 4 is 23.4 Å². The lowest BCUT2D eigenvalue weighted by Crippen LogP contribution is -2.13. The summed E-state index contributed by atoms with van der Waals surface area (Å²) in [5.74, 6) is -1.56. The van der Waals surface area contributed by atoms with Gasteiger partial charge in [0, 0.05) is 17.7 Å². The number of carboxylic acids is 1. The zero-order chi connectivity index (χ0) is 11.0. The Morgan fingerprint density at radius 2 is 2.40 bits per heavy atom. The van der Waals surface area contributed by atoms with Crippen LogP contribution in [0.3, 0.4) is 0 Å². The van der Waals surface area contributed by atoms with Gasteiger partial charge in [0.05, 0.1) is 6.42 Å². The molecule has 1 aliphatic carbocycles. The van der Waals surface area contributed by atoms with Crippen molar-refractivity contribution in [3.8, 4) is 0 Å². The third kappa shape index (κ3) is 1.85. The monoisotopic (exact) mass is 225 g/mol. The van der Waals surface area contributed by atoms with Gasteiger partial charge in [-0.1, -0.05) is 11.6 Å². The molecular weight excluding hydrogens is 218 g/mol. The van der Waals surface area contributed by atoms with Crippen molar-refractivity contribution in [3.63, 3.8) is 0 Å². The van der Waals surface area contributed by atoms with Crippen LogP contribution in [0, 0.1) is 5.92 Å². The molecule has 78 valence electrons. The van der Waals surface area contributed by atoms with E-state index in [1.165, 1.54) is 6.20 Å². The fourth-order valence-electron chi connectivity index (χ4n) is 1.81. The van der Waals surface area contributed by atoms with Gasteiger partial charge in [-0.15, -0.1) is 0 Å². The lowest BCUT2D eigenvalue weighted by atomic mass is 10.0. The Balaban J connectivity index is 2.29. The van der Waals surface area contributed by atoms with Gasteiger partial charge in [0.2, 0.25) is 0 Å². The van der Waals surface area contributed by atoms with Gasteiger partial charge in [-0.05, 0) is 18.1 Å². The minimum absolute atomic E-state index is 0.134. The molecule has 1 aromatic heterocycles. The normalized spacial score (nSPS) is 19.0. The molecule has 1 N–H and O–H groups in total. The van der Waals surface area contributed by atoms with Gasteiger partial charge >= 0.3 is 5.97 Å². The molecule has 1 aliphatic rings. The lowest BCUT2D eigenvalue weighted by Gasteiger charge is -2.01. The quantitative estimate of drug-likeness (QED) is 0.776. The number of halogens is 1. The van der Waals surface area contributed by atoms with Gasteiger partial charge in [0.1, 0.15) is 5.15 Å². The summed E-state index contributed by atoms with van der Waals surface area (Å²) in [5.41, 5.74) is 1.30. The number of carbonyl (C=O) groups is 2. The molecule has 1 unspecified atom stereocenters. The molecule has 0 saturated heterocycles. The summed E-state index contributed by atoms with van der Waals surface area (Å²) in [6, 6.07) is 1.62. The van der Waals surface area contributed by atoms with Gasteiger partial charge in [0.25, 0.3) is 0 Å². The molecule has 1 heterocycles. The van der Waals surface area contributed by atoms with Crippen molar-refractivity contribution < 1.29 is 14.7 Å². The van der Waals surface area contributed by atoms with Crippen LogP contribution in [0.1, 0.15) is 22.3 Å². The average molecular weight is 226 g/mol. The van der Waals surface area contributed by atoms with E-state index in [1.54, 1.807) is 6.07 Å². The highest BCUT2D eigenvalue weighted by molar-refractivity contribution is 6.29. The number of aliphatic carboxylic acids is 1. The number of carbonyl (C=O) groups excluding carboxylic acids is 1. The highest BCUT2D eigenvalue weighted by Crippen LogP contribution is 2.29. The number of pyridine rings is 1. The fraction of sp³-hybridized carbons (Fsp3) is 0.300. The van der Waals surface area contributed by atoms with Gasteiger partial charge in [-0.25, -0.2) is 4.98 Å². The maximum atomic E-state index is 11.7. The van der Waals surface area contributed by atoms with E-state index in [-0.39, 0.29) is 12.2 Å². The van der Waals surface area contributed by atoms with Gasteiger partial charge in [-0.3, -0.25) is 9.59 Å². The van der Waals surface area contributed by atoms with Gasteiger partial charge in [-0.2, -0.15) is 0 Å². The number of Topliss-reactive ketones (excluding diaryl/α,β-unsaturated/α-hetero) is 1. The zero-order valence-electron chi connectivity index (χ0n) is 7.74. The fourth-order valence-corrected chi connectivity index (χ4v) is 1.99. The van der Waals surface area contributed by atoms with Crippen LogP contribution in [-0.2, 0) is 11.2 Å². The number of fused-ring (bicyclic) bond motifs is 1. The van der Waals surface area contributed by atoms with Crippen molar-refractivity contribution in [2.45, 2.75) is 12.8 Å². The van der Waals surface area contributed by atoms with Crippen molar-refractivity contribution in [3.05, 3.63) is 28.5 Å². The Hall–Kier alpha value is -1.42. The first-order valence-corrected chi connectivity index (χ1v) is 4.86. The molecule has 2 rings (SSSR count). The predicted molar refractivity (Wildman–Crippen MR) is 53.0 cm³/mol. The van der Waals surface area contributed by atoms with E-state index in [1.807, 2.05) is 0 Å². The van der Waals surface area contributed by atoms with E-state index in [0.717, 1.165) is 5.56 Å². The number of carboxylic acid groups (broad SMARTS) is 1. The first-order chi connectivity index (χ1) is 7.08. The molecule has 0 aromatic carbocycles. The second-order valence-corrected chi connectivity index (χ2v) is 3.91. The second-order valence-electron chi connectivity index (χ2n) is 3.53. The molecule has 0 fully saturated rings. The third-order valence-electron chi connectivity index (χ3n) is 2.48. The van der Waals surface area contributed by atoms with Crippen LogP contribution < -0.4 is 0 Å². The summed E-state index contributed by atoms with van der Waals surface area (Å²) in [5, 5.41) is 8.96. The highest BCUT2D eigenvalue weighted by atomic mass is 35.5. The van der Waals surface area contributed by atoms with E-state index >= 15 is 0 Å². The molecule has 0 aliphatic heterocycles. The molecule has 1 aromatic rings. The van der Waals surface area contributed by atoms with Crippen LogP contribution in [-0.4, -0.2) is 21.8 Å². The summed E-state index contributed by atoms with van der Waals surface area (Å²) in [6.07, 6.45) is 1.73. The standard InChI is InChI=1S/C10H8ClNO3/c11-8-2-5-1-6(3-9(13)14)10(15)7(5)4-12-8/h2,4,6H,1,3H2,(H,13,14). The largest absolute Gasteiger partial charge is 0.481 e. The van der Waals surface area contributed by atoms with E-state index in [0.29, 0.717) is 17.1 Å². The number of rotatable bonds is 2. The lowest BCUT2D eigenvalue weighted by molar-refractivity contribution is -0.137. The van der Waals surface area contributed by atoms with Crippen molar-refractivity contribution in [2.75, 3.05) is 0 Å². The molecule has 15 heavy (non-hydrogen) atoms. The molecule has 5 heteroatoms. The predicted octanol–water partition coefficient (Wildman–Crippen LogP) is 1.56. The Bertz CT molecular complexity index is 444. The van der Waals surface area contributed by atoms with E-state index in [9.17, 15) is 9.59 Å². The minimum Gasteiger partial charge on any atom is -0.481 e. The van der Waals surface area contributed by atoms with Crippen LogP contribution in [0.4, 0.5) is 0 Å². The number of aromatic nitrogens is 1. The molecule has 0 radical (unpaired) electrons. The Kier molecular flexibility index (Phi) is 2.44. The Morgan fingerprint density at radius 1 is 1.67 bits per heavy atom. The molecule has 0 spiro atoms. The first-order valence-electron chi connectivity index (χ1n) is 4.48. The van der Waals surface area contributed by atoms with Crippen LogP contribution in [0.15, 0.2) is 12.3 Å². The van der Waals surface area contributed by atoms with Crippen LogP contribution in [0.2, 0.25) is 5.15 Å². The summed E-state index contributed by atoms with van der Waals surface area (Å²) in [4.78, 5) is 26.0.